The van der Waals surface area contributed by atoms with Gasteiger partial charge in [0, 0.05) is 55.1 Å². The zero-order valence-electron chi connectivity index (χ0n) is 12.1. The summed E-state index contributed by atoms with van der Waals surface area (Å²) in [7, 11) is 0.959. The minimum Gasteiger partial charge on any atom is -0.377 e. The van der Waals surface area contributed by atoms with E-state index in [4.69, 9.17) is 4.74 Å². The van der Waals surface area contributed by atoms with Gasteiger partial charge >= 0.3 is 0 Å². The minimum absolute atomic E-state index is 0.397. The molecule has 1 aliphatic rings. The fraction of sp³-hybridized carbons (Fsp3) is 0.692. The molecule has 0 saturated carbocycles. The van der Waals surface area contributed by atoms with Crippen LogP contribution in [0.5, 0.6) is 0 Å². The topological polar surface area (TPSA) is 67.4 Å². The summed E-state index contributed by atoms with van der Waals surface area (Å²) in [5.41, 5.74) is 0. The number of aromatic nitrogens is 2. The van der Waals surface area contributed by atoms with E-state index in [0.29, 0.717) is 23.9 Å². The summed E-state index contributed by atoms with van der Waals surface area (Å²) in [5.74, 6) is 3.82. The maximum Gasteiger partial charge on any atom is 0.158 e. The number of hydrogen-bond donors (Lipinski definition) is 1. The Labute approximate surface area is 122 Å². The lowest BCUT2D eigenvalue weighted by molar-refractivity contribution is 0.178. The van der Waals surface area contributed by atoms with Crippen molar-refractivity contribution in [1.29, 1.82) is 0 Å². The monoisotopic (exact) mass is 298 g/mol. The fourth-order valence-electron chi connectivity index (χ4n) is 2.05. The summed E-state index contributed by atoms with van der Waals surface area (Å²) in [5, 5.41) is 3.29. The molecule has 1 aromatic heterocycles. The molecule has 0 radical (unpaired) electrons. The first-order valence-electron chi connectivity index (χ1n) is 6.93. The summed E-state index contributed by atoms with van der Waals surface area (Å²) in [6.45, 7) is 4.96. The van der Waals surface area contributed by atoms with Gasteiger partial charge in [0.05, 0.1) is 0 Å². The third kappa shape index (κ3) is 4.14. The number of hydrogen-bond acceptors (Lipinski definition) is 6. The van der Waals surface area contributed by atoms with Crippen molar-refractivity contribution in [1.82, 2.24) is 9.97 Å². The Balaban J connectivity index is 2.17. The predicted octanol–water partition coefficient (Wildman–Crippen LogP) is 1.01. The summed E-state index contributed by atoms with van der Waals surface area (Å²) in [4.78, 5) is 11.1. The second kappa shape index (κ2) is 7.54. The highest BCUT2D eigenvalue weighted by molar-refractivity contribution is 7.85. The van der Waals surface area contributed by atoms with E-state index >= 15 is 0 Å². The van der Waals surface area contributed by atoms with Crippen LogP contribution in [0.4, 0.5) is 11.6 Å². The standard InChI is InChI=1S/C13H22N4O2S/c1-3-4-14-11-9-13(16-12(15-11)10-19-2)17-5-7-20(18)8-6-17/h9H,3-8,10H2,1-2H3,(H,14,15,16). The quantitative estimate of drug-likeness (QED) is 0.845. The van der Waals surface area contributed by atoms with Crippen molar-refractivity contribution < 1.29 is 8.95 Å². The van der Waals surface area contributed by atoms with Crippen molar-refractivity contribution in [2.75, 3.05) is 48.5 Å². The molecule has 0 amide bonds. The Morgan fingerprint density at radius 2 is 2.15 bits per heavy atom. The highest BCUT2D eigenvalue weighted by atomic mass is 32.2. The first-order chi connectivity index (χ1) is 9.72. The third-order valence-corrected chi connectivity index (χ3v) is 4.37. The van der Waals surface area contributed by atoms with Crippen LogP contribution >= 0.6 is 0 Å². The van der Waals surface area contributed by atoms with Crippen LogP contribution in [-0.4, -0.2) is 52.4 Å². The Morgan fingerprint density at radius 1 is 1.40 bits per heavy atom. The van der Waals surface area contributed by atoms with Crippen LogP contribution in [0, 0.1) is 0 Å². The molecule has 7 heteroatoms. The number of ether oxygens (including phenoxy) is 1. The van der Waals surface area contributed by atoms with Gasteiger partial charge in [0.1, 0.15) is 18.2 Å². The first-order valence-corrected chi connectivity index (χ1v) is 8.42. The van der Waals surface area contributed by atoms with Crippen LogP contribution in [0.1, 0.15) is 19.2 Å². The summed E-state index contributed by atoms with van der Waals surface area (Å²) in [6.07, 6.45) is 1.04. The molecule has 0 aliphatic carbocycles. The number of methoxy groups -OCH3 is 1. The minimum atomic E-state index is -0.679. The molecule has 2 rings (SSSR count). The van der Waals surface area contributed by atoms with Gasteiger partial charge in [-0.05, 0) is 6.42 Å². The van der Waals surface area contributed by atoms with Crippen molar-refractivity contribution in [3.63, 3.8) is 0 Å². The zero-order valence-corrected chi connectivity index (χ0v) is 12.9. The van der Waals surface area contributed by atoms with Gasteiger partial charge in [-0.3, -0.25) is 4.21 Å². The van der Waals surface area contributed by atoms with Crippen LogP contribution in [0.15, 0.2) is 6.07 Å². The van der Waals surface area contributed by atoms with E-state index in [1.807, 2.05) is 6.07 Å². The largest absolute Gasteiger partial charge is 0.377 e. The molecule has 20 heavy (non-hydrogen) atoms. The molecule has 6 nitrogen and oxygen atoms in total. The van der Waals surface area contributed by atoms with Crippen LogP contribution in [0.3, 0.4) is 0 Å². The average molecular weight is 298 g/mol. The van der Waals surface area contributed by atoms with Crippen molar-refractivity contribution in [2.45, 2.75) is 20.0 Å². The van der Waals surface area contributed by atoms with Gasteiger partial charge in [-0.2, -0.15) is 0 Å². The van der Waals surface area contributed by atoms with Gasteiger partial charge in [0.25, 0.3) is 0 Å². The SMILES string of the molecule is CCCNc1cc(N2CCS(=O)CC2)nc(COC)n1. The van der Waals surface area contributed by atoms with Gasteiger partial charge in [-0.1, -0.05) is 6.92 Å². The second-order valence-corrected chi connectivity index (χ2v) is 6.42. The first kappa shape index (κ1) is 15.2. The molecular weight excluding hydrogens is 276 g/mol. The highest BCUT2D eigenvalue weighted by Crippen LogP contribution is 2.18. The van der Waals surface area contributed by atoms with E-state index in [1.54, 1.807) is 7.11 Å². The highest BCUT2D eigenvalue weighted by Gasteiger charge is 2.18. The van der Waals surface area contributed by atoms with Crippen LogP contribution in [0.25, 0.3) is 0 Å². The molecule has 2 heterocycles. The number of anilines is 2. The molecule has 1 aromatic rings. The molecule has 1 N–H and O–H groups in total. The zero-order chi connectivity index (χ0) is 14.4. The molecule has 112 valence electrons. The van der Waals surface area contributed by atoms with E-state index in [2.05, 4.69) is 27.1 Å². The Kier molecular flexibility index (Phi) is 5.72. The molecule has 1 fully saturated rings. The lowest BCUT2D eigenvalue weighted by Crippen LogP contribution is -2.38. The average Bonchev–Trinajstić information content (AvgIpc) is 2.46. The molecule has 0 bridgehead atoms. The molecular formula is C13H22N4O2S. The van der Waals surface area contributed by atoms with E-state index in [1.165, 1.54) is 0 Å². The Morgan fingerprint density at radius 3 is 2.80 bits per heavy atom. The van der Waals surface area contributed by atoms with E-state index < -0.39 is 10.8 Å². The van der Waals surface area contributed by atoms with Crippen molar-refractivity contribution >= 4 is 22.4 Å². The number of rotatable bonds is 6. The summed E-state index contributed by atoms with van der Waals surface area (Å²) in [6, 6.07) is 1.96. The smallest absolute Gasteiger partial charge is 0.158 e. The van der Waals surface area contributed by atoms with Gasteiger partial charge in [-0.15, -0.1) is 0 Å². The Bertz CT molecular complexity index is 460. The predicted molar refractivity (Wildman–Crippen MR) is 81.6 cm³/mol. The van der Waals surface area contributed by atoms with Gasteiger partial charge in [0.15, 0.2) is 5.82 Å². The second-order valence-electron chi connectivity index (χ2n) is 4.72. The van der Waals surface area contributed by atoms with Gasteiger partial charge in [0.2, 0.25) is 0 Å². The van der Waals surface area contributed by atoms with Crippen LogP contribution in [-0.2, 0) is 22.1 Å². The molecule has 0 spiro atoms. The van der Waals surface area contributed by atoms with E-state index in [9.17, 15) is 4.21 Å². The van der Waals surface area contributed by atoms with Gasteiger partial charge in [-0.25, -0.2) is 9.97 Å². The molecule has 0 atom stereocenters. The maximum atomic E-state index is 11.4. The lowest BCUT2D eigenvalue weighted by atomic mass is 10.4. The maximum absolute atomic E-state index is 11.4. The van der Waals surface area contributed by atoms with Crippen molar-refractivity contribution in [2.24, 2.45) is 0 Å². The van der Waals surface area contributed by atoms with Crippen LogP contribution < -0.4 is 10.2 Å². The third-order valence-electron chi connectivity index (χ3n) is 3.09. The number of nitrogens with zero attached hydrogens (tertiary/aromatic N) is 3. The summed E-state index contributed by atoms with van der Waals surface area (Å²) >= 11 is 0. The molecule has 0 unspecified atom stereocenters. The number of nitrogens with one attached hydrogen (secondary N) is 1. The fourth-order valence-corrected chi connectivity index (χ4v) is 3.10. The molecule has 1 aliphatic heterocycles. The van der Waals surface area contributed by atoms with Gasteiger partial charge < -0.3 is 15.0 Å². The van der Waals surface area contributed by atoms with E-state index in [-0.39, 0.29) is 0 Å². The molecule has 1 saturated heterocycles. The Hall–Kier alpha value is -1.21. The summed E-state index contributed by atoms with van der Waals surface area (Å²) < 4.78 is 16.6. The molecule has 0 aromatic carbocycles. The lowest BCUT2D eigenvalue weighted by Gasteiger charge is -2.27. The van der Waals surface area contributed by atoms with E-state index in [0.717, 1.165) is 37.7 Å². The van der Waals surface area contributed by atoms with Crippen molar-refractivity contribution in [3.8, 4) is 0 Å². The van der Waals surface area contributed by atoms with Crippen molar-refractivity contribution in [3.05, 3.63) is 11.9 Å². The van der Waals surface area contributed by atoms with Crippen LogP contribution in [0.2, 0.25) is 0 Å². The normalized spacial score (nSPS) is 16.4.